The Kier molecular flexibility index (Phi) is 3.70. The number of nitrogens with two attached hydrogens (primary N) is 1. The summed E-state index contributed by atoms with van der Waals surface area (Å²) in [6.45, 7) is 3.93. The van der Waals surface area contributed by atoms with Gasteiger partial charge >= 0.3 is 0 Å². The van der Waals surface area contributed by atoms with Crippen molar-refractivity contribution in [3.05, 3.63) is 42.7 Å². The third-order valence-corrected chi connectivity index (χ3v) is 4.04. The predicted octanol–water partition coefficient (Wildman–Crippen LogP) is 3.53. The molecule has 0 radical (unpaired) electrons. The van der Waals surface area contributed by atoms with Crippen LogP contribution in [-0.4, -0.2) is 17.1 Å². The van der Waals surface area contributed by atoms with Crippen LogP contribution in [0.25, 0.3) is 16.8 Å². The maximum absolute atomic E-state index is 6.19. The summed E-state index contributed by atoms with van der Waals surface area (Å²) >= 11 is 0. The van der Waals surface area contributed by atoms with Crippen LogP contribution in [0, 0.1) is 0 Å². The standard InChI is InChI=1S/C17H20N2O/c1-2-15-16-9-10-19-11-12(16)3-8-17(15)20-14-6-4-13(18)5-7-14/h2-3,8-11,13-14H,1,4-7,18H2. The number of pyridine rings is 1. The van der Waals surface area contributed by atoms with E-state index in [9.17, 15) is 0 Å². The van der Waals surface area contributed by atoms with E-state index in [2.05, 4.69) is 17.6 Å². The average molecular weight is 268 g/mol. The van der Waals surface area contributed by atoms with Crippen molar-refractivity contribution in [2.24, 2.45) is 5.73 Å². The van der Waals surface area contributed by atoms with E-state index in [1.165, 1.54) is 0 Å². The van der Waals surface area contributed by atoms with E-state index in [-0.39, 0.29) is 6.10 Å². The van der Waals surface area contributed by atoms with Crippen molar-refractivity contribution in [1.82, 2.24) is 4.98 Å². The van der Waals surface area contributed by atoms with E-state index >= 15 is 0 Å². The monoisotopic (exact) mass is 268 g/mol. The number of ether oxygens (including phenoxy) is 1. The lowest BCUT2D eigenvalue weighted by Crippen LogP contribution is -2.31. The Hall–Kier alpha value is -1.87. The number of rotatable bonds is 3. The molecule has 0 amide bonds. The molecule has 3 heteroatoms. The Balaban J connectivity index is 1.89. The maximum atomic E-state index is 6.19. The van der Waals surface area contributed by atoms with E-state index in [0.717, 1.165) is 47.8 Å². The molecule has 0 bridgehead atoms. The van der Waals surface area contributed by atoms with Crippen molar-refractivity contribution >= 4 is 16.8 Å². The van der Waals surface area contributed by atoms with Crippen molar-refractivity contribution in [3.8, 4) is 5.75 Å². The number of benzene rings is 1. The molecule has 20 heavy (non-hydrogen) atoms. The molecule has 2 N–H and O–H groups in total. The first-order chi connectivity index (χ1) is 9.78. The maximum Gasteiger partial charge on any atom is 0.127 e. The molecule has 0 atom stereocenters. The fourth-order valence-corrected chi connectivity index (χ4v) is 2.87. The Morgan fingerprint density at radius 2 is 2.00 bits per heavy atom. The van der Waals surface area contributed by atoms with E-state index in [1.54, 1.807) is 6.20 Å². The fraction of sp³-hybridized carbons (Fsp3) is 0.353. The predicted molar refractivity (Wildman–Crippen MR) is 82.7 cm³/mol. The molecule has 1 aromatic carbocycles. The Morgan fingerprint density at radius 3 is 2.75 bits per heavy atom. The van der Waals surface area contributed by atoms with Gasteiger partial charge in [0.25, 0.3) is 0 Å². The SMILES string of the molecule is C=Cc1c(OC2CCC(N)CC2)ccc2cnccc12. The van der Waals surface area contributed by atoms with Gasteiger partial charge in [-0.25, -0.2) is 0 Å². The van der Waals surface area contributed by atoms with Gasteiger partial charge in [0, 0.05) is 29.4 Å². The van der Waals surface area contributed by atoms with Gasteiger partial charge in [-0.15, -0.1) is 0 Å². The van der Waals surface area contributed by atoms with Crippen LogP contribution in [0.3, 0.4) is 0 Å². The van der Waals surface area contributed by atoms with Crippen LogP contribution in [0.15, 0.2) is 37.2 Å². The summed E-state index contributed by atoms with van der Waals surface area (Å²) in [6.07, 6.45) is 9.97. The summed E-state index contributed by atoms with van der Waals surface area (Å²) < 4.78 is 6.19. The first-order valence-corrected chi connectivity index (χ1v) is 7.19. The van der Waals surface area contributed by atoms with Crippen molar-refractivity contribution < 1.29 is 4.74 Å². The smallest absolute Gasteiger partial charge is 0.127 e. The van der Waals surface area contributed by atoms with Crippen LogP contribution in [0.2, 0.25) is 0 Å². The molecule has 1 fully saturated rings. The summed E-state index contributed by atoms with van der Waals surface area (Å²) in [6, 6.07) is 6.43. The second-order valence-electron chi connectivity index (χ2n) is 5.43. The number of nitrogens with zero attached hydrogens (tertiary/aromatic N) is 1. The third kappa shape index (κ3) is 2.54. The number of aromatic nitrogens is 1. The second-order valence-corrected chi connectivity index (χ2v) is 5.43. The Labute approximate surface area is 119 Å². The lowest BCUT2D eigenvalue weighted by Gasteiger charge is -2.27. The van der Waals surface area contributed by atoms with Crippen LogP contribution in [0.5, 0.6) is 5.75 Å². The number of fused-ring (bicyclic) bond motifs is 1. The molecule has 1 aromatic heterocycles. The summed E-state index contributed by atoms with van der Waals surface area (Å²) in [5.41, 5.74) is 7.00. The highest BCUT2D eigenvalue weighted by molar-refractivity contribution is 5.92. The van der Waals surface area contributed by atoms with Crippen LogP contribution in [0.4, 0.5) is 0 Å². The summed E-state index contributed by atoms with van der Waals surface area (Å²) in [5.74, 6) is 0.916. The molecule has 0 aliphatic heterocycles. The molecule has 3 rings (SSSR count). The van der Waals surface area contributed by atoms with Gasteiger partial charge < -0.3 is 10.5 Å². The molecule has 1 saturated carbocycles. The van der Waals surface area contributed by atoms with Crippen molar-refractivity contribution in [3.63, 3.8) is 0 Å². The molecule has 2 aromatic rings. The molecular weight excluding hydrogens is 248 g/mol. The Morgan fingerprint density at radius 1 is 1.20 bits per heavy atom. The zero-order chi connectivity index (χ0) is 13.9. The quantitative estimate of drug-likeness (QED) is 0.926. The van der Waals surface area contributed by atoms with Crippen LogP contribution >= 0.6 is 0 Å². The zero-order valence-corrected chi connectivity index (χ0v) is 11.6. The largest absolute Gasteiger partial charge is 0.490 e. The molecule has 1 heterocycles. The minimum atomic E-state index is 0.271. The van der Waals surface area contributed by atoms with Gasteiger partial charge in [0.2, 0.25) is 0 Å². The molecule has 3 nitrogen and oxygen atoms in total. The van der Waals surface area contributed by atoms with E-state index < -0.39 is 0 Å². The van der Waals surface area contributed by atoms with Gasteiger partial charge in [-0.05, 0) is 49.3 Å². The minimum Gasteiger partial charge on any atom is -0.490 e. The Bertz CT molecular complexity index is 615. The normalized spacial score (nSPS) is 22.6. The molecule has 0 saturated heterocycles. The molecule has 104 valence electrons. The van der Waals surface area contributed by atoms with Crippen molar-refractivity contribution in [2.45, 2.75) is 37.8 Å². The zero-order valence-electron chi connectivity index (χ0n) is 11.6. The fourth-order valence-electron chi connectivity index (χ4n) is 2.87. The topological polar surface area (TPSA) is 48.1 Å². The van der Waals surface area contributed by atoms with Gasteiger partial charge in [-0.3, -0.25) is 4.98 Å². The van der Waals surface area contributed by atoms with E-state index in [4.69, 9.17) is 10.5 Å². The molecule has 0 unspecified atom stereocenters. The summed E-state index contributed by atoms with van der Waals surface area (Å²) in [7, 11) is 0. The van der Waals surface area contributed by atoms with Crippen molar-refractivity contribution in [1.29, 1.82) is 0 Å². The second kappa shape index (κ2) is 5.63. The molecular formula is C17H20N2O. The van der Waals surface area contributed by atoms with Gasteiger partial charge in [0.1, 0.15) is 5.75 Å². The van der Waals surface area contributed by atoms with E-state index in [0.29, 0.717) is 6.04 Å². The van der Waals surface area contributed by atoms with Crippen molar-refractivity contribution in [2.75, 3.05) is 0 Å². The highest BCUT2D eigenvalue weighted by Gasteiger charge is 2.20. The summed E-state index contributed by atoms with van der Waals surface area (Å²) in [5, 5.41) is 2.25. The highest BCUT2D eigenvalue weighted by atomic mass is 16.5. The lowest BCUT2D eigenvalue weighted by atomic mass is 9.93. The van der Waals surface area contributed by atoms with Gasteiger partial charge in [-0.2, -0.15) is 0 Å². The first kappa shape index (κ1) is 13.1. The highest BCUT2D eigenvalue weighted by Crippen LogP contribution is 2.31. The number of hydrogen-bond acceptors (Lipinski definition) is 3. The summed E-state index contributed by atoms with van der Waals surface area (Å²) in [4.78, 5) is 4.15. The molecule has 0 spiro atoms. The van der Waals surface area contributed by atoms with Crippen LogP contribution in [-0.2, 0) is 0 Å². The lowest BCUT2D eigenvalue weighted by molar-refractivity contribution is 0.147. The average Bonchev–Trinajstić information content (AvgIpc) is 2.49. The van der Waals surface area contributed by atoms with E-state index in [1.807, 2.05) is 24.4 Å². The molecule has 1 aliphatic rings. The van der Waals surface area contributed by atoms with Crippen LogP contribution < -0.4 is 10.5 Å². The number of hydrogen-bond donors (Lipinski definition) is 1. The minimum absolute atomic E-state index is 0.271. The van der Waals surface area contributed by atoms with Gasteiger partial charge in [-0.1, -0.05) is 12.7 Å². The first-order valence-electron chi connectivity index (χ1n) is 7.19. The van der Waals surface area contributed by atoms with Gasteiger partial charge in [0.05, 0.1) is 6.10 Å². The molecule has 1 aliphatic carbocycles. The van der Waals surface area contributed by atoms with Gasteiger partial charge in [0.15, 0.2) is 0 Å². The van der Waals surface area contributed by atoms with Crippen LogP contribution in [0.1, 0.15) is 31.2 Å². The third-order valence-electron chi connectivity index (χ3n) is 4.04.